The lowest BCUT2D eigenvalue weighted by molar-refractivity contribution is -0.00507. The fourth-order valence-corrected chi connectivity index (χ4v) is 6.11. The van der Waals surface area contributed by atoms with Gasteiger partial charge in [0.15, 0.2) is 15.8 Å². The van der Waals surface area contributed by atoms with Gasteiger partial charge in [0.2, 0.25) is 0 Å². The Labute approximate surface area is 160 Å². The van der Waals surface area contributed by atoms with Gasteiger partial charge in [0.25, 0.3) is 0 Å². The van der Waals surface area contributed by atoms with E-state index in [9.17, 15) is 13.5 Å². The summed E-state index contributed by atoms with van der Waals surface area (Å²) in [6.45, 7) is 6.87. The first-order valence-electron chi connectivity index (χ1n) is 9.19. The number of thiophene rings is 1. The van der Waals surface area contributed by atoms with Crippen molar-refractivity contribution in [2.45, 2.75) is 39.3 Å². The average Bonchev–Trinajstić information content (AvgIpc) is 3.19. The molecule has 2 saturated heterocycles. The van der Waals surface area contributed by atoms with Crippen LogP contribution in [0.2, 0.25) is 0 Å². The van der Waals surface area contributed by atoms with Gasteiger partial charge in [0.1, 0.15) is 0 Å². The Morgan fingerprint density at radius 1 is 1.46 bits per heavy atom. The first-order valence-corrected chi connectivity index (χ1v) is 11.9. The van der Waals surface area contributed by atoms with Crippen molar-refractivity contribution in [2.24, 2.45) is 16.3 Å². The molecule has 2 fully saturated rings. The Morgan fingerprint density at radius 2 is 2.27 bits per heavy atom. The Hall–Kier alpha value is -1.12. The standard InChI is InChI=1S/C18H29N3O3S2/c1-18(2)13-21(7-5-16(18)22)17(20-11-15-4-3-8-25-15)19-10-14-6-9-26(23,24)12-14/h3-4,8,14,16,22H,5-7,9-13H2,1-2H3,(H,19,20). The van der Waals surface area contributed by atoms with Crippen LogP contribution in [0.5, 0.6) is 0 Å². The van der Waals surface area contributed by atoms with Crippen LogP contribution in [0.25, 0.3) is 0 Å². The van der Waals surface area contributed by atoms with Crippen molar-refractivity contribution in [2.75, 3.05) is 31.1 Å². The van der Waals surface area contributed by atoms with E-state index in [-0.39, 0.29) is 23.2 Å². The average molecular weight is 400 g/mol. The molecule has 2 atom stereocenters. The van der Waals surface area contributed by atoms with Gasteiger partial charge in [-0.15, -0.1) is 11.3 Å². The van der Waals surface area contributed by atoms with Crippen LogP contribution in [0, 0.1) is 11.3 Å². The van der Waals surface area contributed by atoms with Crippen molar-refractivity contribution in [1.29, 1.82) is 0 Å². The molecule has 0 aromatic carbocycles. The molecule has 0 bridgehead atoms. The van der Waals surface area contributed by atoms with E-state index >= 15 is 0 Å². The molecule has 0 aliphatic carbocycles. The first-order chi connectivity index (χ1) is 12.3. The molecule has 0 amide bonds. The normalized spacial score (nSPS) is 28.3. The third-order valence-corrected chi connectivity index (χ3v) is 8.01. The first kappa shape index (κ1) is 19.6. The maximum Gasteiger partial charge on any atom is 0.194 e. The second-order valence-corrected chi connectivity index (χ2v) is 11.3. The van der Waals surface area contributed by atoms with E-state index in [0.29, 0.717) is 25.3 Å². The van der Waals surface area contributed by atoms with Crippen LogP contribution in [-0.2, 0) is 16.4 Å². The van der Waals surface area contributed by atoms with Crippen molar-refractivity contribution < 1.29 is 13.5 Å². The summed E-state index contributed by atoms with van der Waals surface area (Å²) in [5.74, 6) is 1.53. The van der Waals surface area contributed by atoms with Crippen LogP contribution in [-0.4, -0.2) is 61.6 Å². The van der Waals surface area contributed by atoms with E-state index in [0.717, 1.165) is 25.5 Å². The lowest BCUT2D eigenvalue weighted by atomic mass is 9.81. The van der Waals surface area contributed by atoms with Gasteiger partial charge in [-0.1, -0.05) is 19.9 Å². The molecule has 2 aliphatic heterocycles. The van der Waals surface area contributed by atoms with Crippen molar-refractivity contribution in [3.8, 4) is 0 Å². The number of aliphatic hydroxyl groups excluding tert-OH is 1. The zero-order valence-corrected chi connectivity index (χ0v) is 17.2. The third-order valence-electron chi connectivity index (χ3n) is 5.31. The second kappa shape index (κ2) is 7.86. The second-order valence-electron chi connectivity index (χ2n) is 8.08. The molecular formula is C18H29N3O3S2. The van der Waals surface area contributed by atoms with E-state index < -0.39 is 9.84 Å². The van der Waals surface area contributed by atoms with Crippen molar-refractivity contribution in [3.63, 3.8) is 0 Å². The minimum atomic E-state index is -2.87. The zero-order chi connectivity index (χ0) is 18.8. The molecule has 1 aromatic rings. The van der Waals surface area contributed by atoms with Crippen molar-refractivity contribution >= 4 is 27.1 Å². The van der Waals surface area contributed by atoms with E-state index in [1.807, 2.05) is 11.4 Å². The molecule has 3 rings (SSSR count). The van der Waals surface area contributed by atoms with E-state index in [1.54, 1.807) is 11.3 Å². The van der Waals surface area contributed by atoms with Gasteiger partial charge in [-0.2, -0.15) is 0 Å². The number of sulfone groups is 1. The Bertz CT molecular complexity index is 729. The summed E-state index contributed by atoms with van der Waals surface area (Å²) in [4.78, 5) is 8.18. The highest BCUT2D eigenvalue weighted by Crippen LogP contribution is 2.29. The molecule has 146 valence electrons. The topological polar surface area (TPSA) is 82.0 Å². The molecule has 2 aliphatic rings. The molecule has 2 unspecified atom stereocenters. The minimum absolute atomic E-state index is 0.148. The summed E-state index contributed by atoms with van der Waals surface area (Å²) in [5, 5.41) is 15.7. The summed E-state index contributed by atoms with van der Waals surface area (Å²) in [7, 11) is -2.87. The van der Waals surface area contributed by atoms with Crippen molar-refractivity contribution in [1.82, 2.24) is 10.2 Å². The molecule has 6 nitrogen and oxygen atoms in total. The van der Waals surface area contributed by atoms with Crippen LogP contribution in [0.4, 0.5) is 0 Å². The molecule has 2 N–H and O–H groups in total. The van der Waals surface area contributed by atoms with Gasteiger partial charge in [0.05, 0.1) is 24.2 Å². The van der Waals surface area contributed by atoms with Crippen LogP contribution < -0.4 is 5.32 Å². The highest BCUT2D eigenvalue weighted by atomic mass is 32.2. The van der Waals surface area contributed by atoms with Crippen LogP contribution in [0.15, 0.2) is 22.5 Å². The van der Waals surface area contributed by atoms with Crippen LogP contribution >= 0.6 is 11.3 Å². The third kappa shape index (κ3) is 4.98. The number of aliphatic imine (C=N–C) groups is 1. The maximum atomic E-state index is 11.7. The number of likely N-dealkylation sites (tertiary alicyclic amines) is 1. The SMILES string of the molecule is CC1(C)CN(C(=NCc2cccs2)NCC2CCS(=O)(=O)C2)CCC1O. The number of guanidine groups is 1. The van der Waals surface area contributed by atoms with E-state index in [1.165, 1.54) is 4.88 Å². The largest absolute Gasteiger partial charge is 0.392 e. The van der Waals surface area contributed by atoms with Gasteiger partial charge in [0, 0.05) is 29.9 Å². The van der Waals surface area contributed by atoms with E-state index in [2.05, 4.69) is 30.1 Å². The maximum absolute atomic E-state index is 11.7. The molecule has 1 aromatic heterocycles. The Balaban J connectivity index is 1.68. The number of hydrogen-bond donors (Lipinski definition) is 2. The fourth-order valence-electron chi connectivity index (χ4n) is 3.62. The summed E-state index contributed by atoms with van der Waals surface area (Å²) in [6, 6.07) is 4.09. The molecular weight excluding hydrogens is 370 g/mol. The molecule has 3 heterocycles. The van der Waals surface area contributed by atoms with E-state index in [4.69, 9.17) is 4.99 Å². The summed E-state index contributed by atoms with van der Waals surface area (Å²) in [6.07, 6.45) is 1.12. The molecule has 0 radical (unpaired) electrons. The minimum Gasteiger partial charge on any atom is -0.392 e. The highest BCUT2D eigenvalue weighted by molar-refractivity contribution is 7.91. The number of hydrogen-bond acceptors (Lipinski definition) is 5. The van der Waals surface area contributed by atoms with Crippen LogP contribution in [0.1, 0.15) is 31.6 Å². The number of rotatable bonds is 4. The number of aliphatic hydroxyl groups is 1. The molecule has 0 saturated carbocycles. The Morgan fingerprint density at radius 3 is 2.88 bits per heavy atom. The zero-order valence-electron chi connectivity index (χ0n) is 15.5. The van der Waals surface area contributed by atoms with Gasteiger partial charge >= 0.3 is 0 Å². The monoisotopic (exact) mass is 399 g/mol. The number of piperidine rings is 1. The predicted molar refractivity (Wildman–Crippen MR) is 106 cm³/mol. The predicted octanol–water partition coefficient (Wildman–Crippen LogP) is 1.72. The Kier molecular flexibility index (Phi) is 5.94. The number of nitrogens with one attached hydrogen (secondary N) is 1. The molecule has 0 spiro atoms. The number of nitrogens with zero attached hydrogens (tertiary/aromatic N) is 2. The molecule has 8 heteroatoms. The van der Waals surface area contributed by atoms with Gasteiger partial charge in [-0.05, 0) is 30.2 Å². The quantitative estimate of drug-likeness (QED) is 0.595. The molecule has 26 heavy (non-hydrogen) atoms. The summed E-state index contributed by atoms with van der Waals surface area (Å²) >= 11 is 1.68. The fraction of sp³-hybridized carbons (Fsp3) is 0.722. The summed E-state index contributed by atoms with van der Waals surface area (Å²) < 4.78 is 23.4. The van der Waals surface area contributed by atoms with Gasteiger partial charge in [-0.3, -0.25) is 0 Å². The van der Waals surface area contributed by atoms with Gasteiger partial charge < -0.3 is 15.3 Å². The lowest BCUT2D eigenvalue weighted by Gasteiger charge is -2.43. The summed E-state index contributed by atoms with van der Waals surface area (Å²) in [5.41, 5.74) is -0.194. The smallest absolute Gasteiger partial charge is 0.194 e. The van der Waals surface area contributed by atoms with Gasteiger partial charge in [-0.25, -0.2) is 13.4 Å². The van der Waals surface area contributed by atoms with Crippen molar-refractivity contribution in [3.05, 3.63) is 22.4 Å². The van der Waals surface area contributed by atoms with Crippen LogP contribution in [0.3, 0.4) is 0 Å². The highest BCUT2D eigenvalue weighted by Gasteiger charge is 2.36. The lowest BCUT2D eigenvalue weighted by Crippen LogP contribution is -2.54.